The van der Waals surface area contributed by atoms with Gasteiger partial charge in [-0.1, -0.05) is 16.8 Å². The number of nitro benzene ring substituents is 1. The number of carbonyl (C=O) groups excluding carboxylic acids is 1. The molecule has 0 atom stereocenters. The van der Waals surface area contributed by atoms with Crippen LogP contribution in [-0.2, 0) is 4.79 Å². The lowest BCUT2D eigenvalue weighted by Crippen LogP contribution is -2.14. The zero-order chi connectivity index (χ0) is 17.7. The molecule has 0 saturated carbocycles. The van der Waals surface area contributed by atoms with E-state index >= 15 is 0 Å². The average molecular weight is 348 g/mol. The number of hydrogen-bond acceptors (Lipinski definition) is 7. The van der Waals surface area contributed by atoms with Crippen molar-refractivity contribution in [3.8, 4) is 6.07 Å². The summed E-state index contributed by atoms with van der Waals surface area (Å²) < 4.78 is 4.83. The Labute approximate surface area is 140 Å². The molecule has 0 spiro atoms. The molecule has 9 nitrogen and oxygen atoms in total. The SMILES string of the molecule is Cc1cc(N/C=C(/C#N)C(=O)Nc2ccc(Cl)c([N+](=O)[O-])c2)no1. The Hall–Kier alpha value is -3.38. The molecule has 0 fully saturated rings. The van der Waals surface area contributed by atoms with Crippen LogP contribution >= 0.6 is 11.6 Å². The van der Waals surface area contributed by atoms with Gasteiger partial charge in [0, 0.05) is 24.0 Å². The number of nitrogens with zero attached hydrogens (tertiary/aromatic N) is 3. The molecule has 0 aliphatic heterocycles. The highest BCUT2D eigenvalue weighted by Gasteiger charge is 2.15. The van der Waals surface area contributed by atoms with E-state index in [1.165, 1.54) is 12.1 Å². The Kier molecular flexibility index (Phi) is 5.13. The number of nitro groups is 1. The van der Waals surface area contributed by atoms with Crippen LogP contribution in [0.3, 0.4) is 0 Å². The van der Waals surface area contributed by atoms with Crippen LogP contribution in [0, 0.1) is 28.4 Å². The molecule has 1 heterocycles. The first-order valence-electron chi connectivity index (χ1n) is 6.46. The third-order valence-corrected chi connectivity index (χ3v) is 3.08. The molecule has 2 N–H and O–H groups in total. The van der Waals surface area contributed by atoms with Gasteiger partial charge < -0.3 is 15.2 Å². The van der Waals surface area contributed by atoms with Crippen molar-refractivity contribution in [1.29, 1.82) is 5.26 Å². The number of rotatable bonds is 5. The normalized spacial score (nSPS) is 10.8. The third kappa shape index (κ3) is 4.08. The summed E-state index contributed by atoms with van der Waals surface area (Å²) in [5.41, 5.74) is -0.476. The zero-order valence-corrected chi connectivity index (χ0v) is 13.0. The van der Waals surface area contributed by atoms with Crippen LogP contribution in [-0.4, -0.2) is 16.0 Å². The highest BCUT2D eigenvalue weighted by atomic mass is 35.5. The molecule has 0 bridgehead atoms. The van der Waals surface area contributed by atoms with Crippen molar-refractivity contribution in [1.82, 2.24) is 5.16 Å². The molecule has 2 aromatic rings. The molecule has 10 heteroatoms. The summed E-state index contributed by atoms with van der Waals surface area (Å²) >= 11 is 5.69. The highest BCUT2D eigenvalue weighted by molar-refractivity contribution is 6.32. The first-order chi connectivity index (χ1) is 11.4. The Morgan fingerprint density at radius 2 is 2.25 bits per heavy atom. The molecule has 0 aliphatic carbocycles. The maximum absolute atomic E-state index is 12.0. The number of amides is 1. The summed E-state index contributed by atoms with van der Waals surface area (Å²) in [5.74, 6) is 0.138. The number of nitriles is 1. The standard InChI is InChI=1S/C14H10ClN5O4/c1-8-4-13(19-24-8)17-7-9(6-16)14(21)18-10-2-3-11(15)12(5-10)20(22)23/h2-5,7H,1H3,(H,17,19)(H,18,21)/b9-7-. The van der Waals surface area contributed by atoms with Gasteiger partial charge >= 0.3 is 0 Å². The van der Waals surface area contributed by atoms with E-state index in [1.807, 2.05) is 0 Å². The lowest BCUT2D eigenvalue weighted by Gasteiger charge is -2.05. The quantitative estimate of drug-likeness (QED) is 0.367. The Bertz CT molecular complexity index is 868. The molecule has 1 aromatic carbocycles. The summed E-state index contributed by atoms with van der Waals surface area (Å²) in [4.78, 5) is 22.2. The largest absolute Gasteiger partial charge is 0.360 e. The van der Waals surface area contributed by atoms with Gasteiger partial charge in [-0.2, -0.15) is 5.26 Å². The van der Waals surface area contributed by atoms with E-state index in [-0.39, 0.29) is 22.0 Å². The van der Waals surface area contributed by atoms with Gasteiger partial charge in [0.1, 0.15) is 22.4 Å². The first-order valence-corrected chi connectivity index (χ1v) is 6.84. The van der Waals surface area contributed by atoms with Crippen molar-refractivity contribution >= 4 is 34.7 Å². The van der Waals surface area contributed by atoms with Crippen LogP contribution in [0.15, 0.2) is 40.6 Å². The van der Waals surface area contributed by atoms with Gasteiger partial charge in [-0.05, 0) is 19.1 Å². The number of anilines is 2. The molecule has 1 aromatic heterocycles. The minimum atomic E-state index is -0.748. The van der Waals surface area contributed by atoms with Crippen LogP contribution < -0.4 is 10.6 Å². The molecular weight excluding hydrogens is 338 g/mol. The second-order valence-corrected chi connectivity index (χ2v) is 4.92. The van der Waals surface area contributed by atoms with Crippen LogP contribution in [0.2, 0.25) is 5.02 Å². The molecule has 24 heavy (non-hydrogen) atoms. The number of carbonyl (C=O) groups is 1. The Balaban J connectivity index is 2.13. The topological polar surface area (TPSA) is 134 Å². The number of aryl methyl sites for hydroxylation is 1. The zero-order valence-electron chi connectivity index (χ0n) is 12.2. The average Bonchev–Trinajstić information content (AvgIpc) is 2.95. The number of aromatic nitrogens is 1. The Morgan fingerprint density at radius 3 is 2.83 bits per heavy atom. The fraction of sp³-hybridized carbons (Fsp3) is 0.0714. The van der Waals surface area contributed by atoms with E-state index < -0.39 is 10.8 Å². The minimum absolute atomic E-state index is 0.0582. The highest BCUT2D eigenvalue weighted by Crippen LogP contribution is 2.27. The van der Waals surface area contributed by atoms with Gasteiger partial charge in [0.2, 0.25) is 0 Å². The maximum Gasteiger partial charge on any atom is 0.289 e. The molecule has 0 aliphatic rings. The van der Waals surface area contributed by atoms with Crippen LogP contribution in [0.4, 0.5) is 17.2 Å². The smallest absolute Gasteiger partial charge is 0.289 e. The maximum atomic E-state index is 12.0. The van der Waals surface area contributed by atoms with Gasteiger partial charge in [-0.15, -0.1) is 0 Å². The second-order valence-electron chi connectivity index (χ2n) is 4.51. The van der Waals surface area contributed by atoms with E-state index in [4.69, 9.17) is 21.4 Å². The number of benzene rings is 1. The minimum Gasteiger partial charge on any atom is -0.360 e. The fourth-order valence-electron chi connectivity index (χ4n) is 1.66. The molecule has 0 radical (unpaired) electrons. The third-order valence-electron chi connectivity index (χ3n) is 2.76. The molecule has 0 unspecified atom stereocenters. The van der Waals surface area contributed by atoms with Gasteiger partial charge in [0.25, 0.3) is 11.6 Å². The van der Waals surface area contributed by atoms with Gasteiger partial charge in [0.15, 0.2) is 5.82 Å². The summed E-state index contributed by atoms with van der Waals surface area (Å²) in [5, 5.41) is 28.5. The number of halogens is 1. The summed E-state index contributed by atoms with van der Waals surface area (Å²) in [7, 11) is 0. The van der Waals surface area contributed by atoms with Crippen LogP contribution in [0.5, 0.6) is 0 Å². The van der Waals surface area contributed by atoms with Crippen molar-refractivity contribution in [2.45, 2.75) is 6.92 Å². The van der Waals surface area contributed by atoms with Crippen molar-refractivity contribution in [2.24, 2.45) is 0 Å². The van der Waals surface area contributed by atoms with Crippen molar-refractivity contribution < 1.29 is 14.2 Å². The van der Waals surface area contributed by atoms with E-state index in [9.17, 15) is 14.9 Å². The van der Waals surface area contributed by atoms with Gasteiger partial charge in [0.05, 0.1) is 4.92 Å². The molecule has 2 rings (SSSR count). The fourth-order valence-corrected chi connectivity index (χ4v) is 1.84. The van der Waals surface area contributed by atoms with Crippen molar-refractivity contribution in [3.05, 3.63) is 56.9 Å². The molecule has 1 amide bonds. The predicted octanol–water partition coefficient (Wildman–Crippen LogP) is 3.00. The molecular formula is C14H10ClN5O4. The van der Waals surface area contributed by atoms with Crippen LogP contribution in [0.1, 0.15) is 5.76 Å². The lowest BCUT2D eigenvalue weighted by atomic mass is 10.2. The van der Waals surface area contributed by atoms with Crippen molar-refractivity contribution in [2.75, 3.05) is 10.6 Å². The van der Waals surface area contributed by atoms with Gasteiger partial charge in [-0.25, -0.2) is 0 Å². The van der Waals surface area contributed by atoms with E-state index in [1.54, 1.807) is 19.1 Å². The number of hydrogen-bond donors (Lipinski definition) is 2. The van der Waals surface area contributed by atoms with Crippen LogP contribution in [0.25, 0.3) is 0 Å². The van der Waals surface area contributed by atoms with Crippen molar-refractivity contribution in [3.63, 3.8) is 0 Å². The molecule has 122 valence electrons. The molecule has 0 saturated heterocycles. The predicted molar refractivity (Wildman–Crippen MR) is 85.3 cm³/mol. The van der Waals surface area contributed by atoms with E-state index in [0.29, 0.717) is 11.6 Å². The van der Waals surface area contributed by atoms with E-state index in [0.717, 1.165) is 12.3 Å². The lowest BCUT2D eigenvalue weighted by molar-refractivity contribution is -0.384. The van der Waals surface area contributed by atoms with Gasteiger partial charge in [-0.3, -0.25) is 14.9 Å². The Morgan fingerprint density at radius 1 is 1.50 bits per heavy atom. The summed E-state index contributed by atoms with van der Waals surface area (Å²) in [6, 6.07) is 7.06. The second kappa shape index (κ2) is 7.26. The monoisotopic (exact) mass is 347 g/mol. The van der Waals surface area contributed by atoms with E-state index in [2.05, 4.69) is 15.8 Å². The number of nitrogens with one attached hydrogen (secondary N) is 2. The summed E-state index contributed by atoms with van der Waals surface area (Å²) in [6.45, 7) is 1.69. The first kappa shape index (κ1) is 17.0. The summed E-state index contributed by atoms with van der Waals surface area (Å²) in [6.07, 6.45) is 1.15.